The standard InChI is InChI=1S/C17H19F3N6/c1-24(2)12-7-5-6-11(8-12)9-26-10-21-13-14(25(3)4)22-16(17(18,19)20)23-15(13)26/h5-8,10H,9H2,1-4H3. The van der Waals surface area contributed by atoms with Crippen LogP contribution in [0, 0.1) is 0 Å². The first-order valence-corrected chi connectivity index (χ1v) is 7.90. The highest BCUT2D eigenvalue weighted by molar-refractivity contribution is 5.83. The molecule has 0 aliphatic rings. The normalized spacial score (nSPS) is 11.8. The third-order valence-electron chi connectivity index (χ3n) is 3.90. The van der Waals surface area contributed by atoms with E-state index in [0.717, 1.165) is 11.3 Å². The molecule has 26 heavy (non-hydrogen) atoms. The lowest BCUT2D eigenvalue weighted by Gasteiger charge is -2.15. The Labute approximate surface area is 148 Å². The molecule has 2 aromatic heterocycles. The summed E-state index contributed by atoms with van der Waals surface area (Å²) in [5.41, 5.74) is 2.44. The first kappa shape index (κ1) is 18.0. The van der Waals surface area contributed by atoms with Crippen LogP contribution >= 0.6 is 0 Å². The zero-order valence-corrected chi connectivity index (χ0v) is 14.9. The highest BCUT2D eigenvalue weighted by Gasteiger charge is 2.36. The summed E-state index contributed by atoms with van der Waals surface area (Å²) in [6.07, 6.45) is -3.13. The second-order valence-corrected chi connectivity index (χ2v) is 6.37. The number of hydrogen-bond donors (Lipinski definition) is 0. The van der Waals surface area contributed by atoms with Gasteiger partial charge in [-0.25, -0.2) is 15.0 Å². The van der Waals surface area contributed by atoms with Gasteiger partial charge in [0.05, 0.1) is 12.9 Å². The van der Waals surface area contributed by atoms with Crippen LogP contribution in [0.3, 0.4) is 0 Å². The van der Waals surface area contributed by atoms with Gasteiger partial charge in [0.2, 0.25) is 5.82 Å². The Morgan fingerprint density at radius 1 is 1.04 bits per heavy atom. The highest BCUT2D eigenvalue weighted by Crippen LogP contribution is 2.31. The number of rotatable bonds is 4. The van der Waals surface area contributed by atoms with Gasteiger partial charge in [-0.05, 0) is 17.7 Å². The number of aromatic nitrogens is 4. The van der Waals surface area contributed by atoms with Crippen LogP contribution in [-0.4, -0.2) is 47.7 Å². The summed E-state index contributed by atoms with van der Waals surface area (Å²) in [5, 5.41) is 0. The van der Waals surface area contributed by atoms with E-state index in [9.17, 15) is 13.2 Å². The van der Waals surface area contributed by atoms with E-state index in [4.69, 9.17) is 0 Å². The van der Waals surface area contributed by atoms with Crippen LogP contribution in [0.2, 0.25) is 0 Å². The molecular formula is C17H19F3N6. The predicted octanol–water partition coefficient (Wildman–Crippen LogP) is 3.03. The Balaban J connectivity index is 2.10. The van der Waals surface area contributed by atoms with E-state index in [2.05, 4.69) is 15.0 Å². The van der Waals surface area contributed by atoms with Gasteiger partial charge in [0.1, 0.15) is 0 Å². The minimum Gasteiger partial charge on any atom is -0.378 e. The van der Waals surface area contributed by atoms with Crippen molar-refractivity contribution in [2.75, 3.05) is 38.0 Å². The van der Waals surface area contributed by atoms with Crippen molar-refractivity contribution in [3.8, 4) is 0 Å². The second kappa shape index (κ2) is 6.47. The number of nitrogens with zero attached hydrogens (tertiary/aromatic N) is 6. The first-order valence-electron chi connectivity index (χ1n) is 7.90. The van der Waals surface area contributed by atoms with E-state index >= 15 is 0 Å². The molecule has 0 bridgehead atoms. The van der Waals surface area contributed by atoms with E-state index in [1.165, 1.54) is 11.2 Å². The van der Waals surface area contributed by atoms with Crippen molar-refractivity contribution in [3.05, 3.63) is 42.0 Å². The minimum atomic E-state index is -4.63. The SMILES string of the molecule is CN(C)c1cccc(Cn2cnc3c(N(C)C)nc(C(F)(F)F)nc32)c1. The topological polar surface area (TPSA) is 50.1 Å². The number of hydrogen-bond acceptors (Lipinski definition) is 5. The molecule has 0 saturated carbocycles. The summed E-state index contributed by atoms with van der Waals surface area (Å²) in [4.78, 5) is 15.1. The summed E-state index contributed by atoms with van der Waals surface area (Å²) in [6.45, 7) is 0.360. The zero-order chi connectivity index (χ0) is 19.1. The summed E-state index contributed by atoms with van der Waals surface area (Å²) in [7, 11) is 7.11. The lowest BCUT2D eigenvalue weighted by atomic mass is 10.2. The van der Waals surface area contributed by atoms with Gasteiger partial charge in [-0.2, -0.15) is 13.2 Å². The number of halogens is 3. The average molecular weight is 364 g/mol. The molecule has 138 valence electrons. The maximum Gasteiger partial charge on any atom is 0.451 e. The van der Waals surface area contributed by atoms with E-state index in [1.807, 2.05) is 43.3 Å². The highest BCUT2D eigenvalue weighted by atomic mass is 19.4. The fourth-order valence-electron chi connectivity index (χ4n) is 2.61. The van der Waals surface area contributed by atoms with Crippen molar-refractivity contribution in [1.82, 2.24) is 19.5 Å². The van der Waals surface area contributed by atoms with Crippen molar-refractivity contribution < 1.29 is 13.2 Å². The summed E-state index contributed by atoms with van der Waals surface area (Å²) >= 11 is 0. The second-order valence-electron chi connectivity index (χ2n) is 6.37. The van der Waals surface area contributed by atoms with Crippen LogP contribution in [0.4, 0.5) is 24.7 Å². The smallest absolute Gasteiger partial charge is 0.378 e. The average Bonchev–Trinajstić information content (AvgIpc) is 2.96. The van der Waals surface area contributed by atoms with Gasteiger partial charge in [-0.3, -0.25) is 0 Å². The molecule has 0 N–H and O–H groups in total. The third kappa shape index (κ3) is 3.42. The maximum atomic E-state index is 13.2. The van der Waals surface area contributed by atoms with Gasteiger partial charge < -0.3 is 14.4 Å². The Morgan fingerprint density at radius 2 is 1.77 bits per heavy atom. The molecule has 0 amide bonds. The van der Waals surface area contributed by atoms with Crippen LogP contribution in [0.5, 0.6) is 0 Å². The van der Waals surface area contributed by atoms with Crippen molar-refractivity contribution in [2.24, 2.45) is 0 Å². The van der Waals surface area contributed by atoms with Gasteiger partial charge in [-0.15, -0.1) is 0 Å². The van der Waals surface area contributed by atoms with E-state index in [0.29, 0.717) is 12.1 Å². The summed E-state index contributed by atoms with van der Waals surface area (Å²) in [5.74, 6) is -1.03. The van der Waals surface area contributed by atoms with E-state index in [1.54, 1.807) is 18.7 Å². The van der Waals surface area contributed by atoms with Gasteiger partial charge >= 0.3 is 6.18 Å². The fraction of sp³-hybridized carbons (Fsp3) is 0.353. The van der Waals surface area contributed by atoms with Crippen LogP contribution in [0.25, 0.3) is 11.2 Å². The molecule has 3 rings (SSSR count). The molecule has 0 radical (unpaired) electrons. The van der Waals surface area contributed by atoms with Crippen molar-refractivity contribution in [1.29, 1.82) is 0 Å². The van der Waals surface area contributed by atoms with Gasteiger partial charge in [0.15, 0.2) is 17.0 Å². The molecule has 0 atom stereocenters. The largest absolute Gasteiger partial charge is 0.451 e. The molecule has 0 unspecified atom stereocenters. The van der Waals surface area contributed by atoms with Crippen LogP contribution in [-0.2, 0) is 12.7 Å². The number of imidazole rings is 1. The van der Waals surface area contributed by atoms with Gasteiger partial charge in [0, 0.05) is 33.9 Å². The molecule has 0 aliphatic heterocycles. The molecule has 2 heterocycles. The van der Waals surface area contributed by atoms with Crippen LogP contribution in [0.1, 0.15) is 11.4 Å². The number of benzene rings is 1. The monoisotopic (exact) mass is 364 g/mol. The first-order chi connectivity index (χ1) is 12.2. The third-order valence-corrected chi connectivity index (χ3v) is 3.90. The molecule has 1 aromatic carbocycles. The molecule has 0 saturated heterocycles. The Kier molecular flexibility index (Phi) is 4.47. The molecule has 6 nitrogen and oxygen atoms in total. The van der Waals surface area contributed by atoms with Crippen molar-refractivity contribution in [3.63, 3.8) is 0 Å². The number of alkyl halides is 3. The molecule has 9 heteroatoms. The number of anilines is 2. The Bertz CT molecular complexity index is 930. The van der Waals surface area contributed by atoms with Crippen LogP contribution in [0.15, 0.2) is 30.6 Å². The molecule has 3 aromatic rings. The van der Waals surface area contributed by atoms with Crippen LogP contribution < -0.4 is 9.80 Å². The quantitative estimate of drug-likeness (QED) is 0.712. The molecule has 0 fully saturated rings. The van der Waals surface area contributed by atoms with Gasteiger partial charge in [0.25, 0.3) is 0 Å². The van der Waals surface area contributed by atoms with Crippen molar-refractivity contribution in [2.45, 2.75) is 12.7 Å². The van der Waals surface area contributed by atoms with Crippen molar-refractivity contribution >= 4 is 22.7 Å². The summed E-state index contributed by atoms with van der Waals surface area (Å²) in [6, 6.07) is 7.76. The lowest BCUT2D eigenvalue weighted by molar-refractivity contribution is -0.144. The Hall–Kier alpha value is -2.84. The molecule has 0 spiro atoms. The molecular weight excluding hydrogens is 345 g/mol. The van der Waals surface area contributed by atoms with E-state index in [-0.39, 0.29) is 11.5 Å². The summed E-state index contributed by atoms with van der Waals surface area (Å²) < 4.78 is 41.2. The number of fused-ring (bicyclic) bond motifs is 1. The van der Waals surface area contributed by atoms with Gasteiger partial charge in [-0.1, -0.05) is 12.1 Å². The minimum absolute atomic E-state index is 0.142. The lowest BCUT2D eigenvalue weighted by Crippen LogP contribution is -2.18. The fourth-order valence-corrected chi connectivity index (χ4v) is 2.61. The predicted molar refractivity (Wildman–Crippen MR) is 94.5 cm³/mol. The maximum absolute atomic E-state index is 13.2. The Morgan fingerprint density at radius 3 is 2.38 bits per heavy atom. The zero-order valence-electron chi connectivity index (χ0n) is 14.9. The molecule has 0 aliphatic carbocycles. The van der Waals surface area contributed by atoms with E-state index < -0.39 is 12.0 Å².